The number of nitrogens with one attached hydrogen (secondary N) is 1. The lowest BCUT2D eigenvalue weighted by Gasteiger charge is -2.24. The highest BCUT2D eigenvalue weighted by Crippen LogP contribution is 2.19. The summed E-state index contributed by atoms with van der Waals surface area (Å²) in [6.07, 6.45) is 59.9. The maximum atomic E-state index is 13.3. The van der Waals surface area contributed by atoms with Crippen molar-refractivity contribution in [2.24, 2.45) is 0 Å². The zero-order chi connectivity index (χ0) is 46.7. The van der Waals surface area contributed by atoms with Crippen LogP contribution in [0.5, 0.6) is 0 Å². The van der Waals surface area contributed by atoms with Crippen molar-refractivity contribution in [3.63, 3.8) is 0 Å². The summed E-state index contributed by atoms with van der Waals surface area (Å²) in [5.41, 5.74) is 0. The van der Waals surface area contributed by atoms with Crippen molar-refractivity contribution in [1.29, 1.82) is 0 Å². The van der Waals surface area contributed by atoms with Gasteiger partial charge in [-0.05, 0) is 51.4 Å². The van der Waals surface area contributed by atoms with E-state index in [2.05, 4.69) is 38.2 Å². The molecule has 3 atom stereocenters. The monoisotopic (exact) mass is 904 g/mol. The topological polar surface area (TPSA) is 95.9 Å². The van der Waals surface area contributed by atoms with Crippen molar-refractivity contribution in [2.45, 2.75) is 341 Å². The van der Waals surface area contributed by atoms with E-state index >= 15 is 0 Å². The van der Waals surface area contributed by atoms with Crippen LogP contribution in [0.2, 0.25) is 0 Å². The Morgan fingerprint density at radius 2 is 0.750 bits per heavy atom. The first-order valence-corrected chi connectivity index (χ1v) is 28.9. The molecule has 6 nitrogen and oxygen atoms in total. The highest BCUT2D eigenvalue weighted by atomic mass is 16.5. The number of esters is 1. The van der Waals surface area contributed by atoms with Gasteiger partial charge in [-0.15, -0.1) is 0 Å². The number of amides is 1. The van der Waals surface area contributed by atoms with Gasteiger partial charge in [0, 0.05) is 6.42 Å². The number of unbranched alkanes of at least 4 members (excludes halogenated alkanes) is 39. The standard InChI is InChI=1S/C58H113NO5/c1-4-7-10-13-16-19-22-25-28-30-31-34-37-40-43-46-49-54(64-58(63)51-48-45-42-39-36-33-29-26-23-20-17-14-11-8-5-2)52-57(62)59-55(53-60)56(61)50-47-44-41-38-35-32-27-24-21-18-15-12-9-6-3/h20,23,54-56,60-61H,4-19,21-22,24-53H2,1-3H3,(H,59,62)/b23-20-. The molecule has 6 heteroatoms. The van der Waals surface area contributed by atoms with E-state index in [1.54, 1.807) is 0 Å². The Hall–Kier alpha value is -1.40. The maximum absolute atomic E-state index is 13.3. The van der Waals surface area contributed by atoms with E-state index in [0.29, 0.717) is 19.3 Å². The Morgan fingerprint density at radius 3 is 1.12 bits per heavy atom. The number of carbonyl (C=O) groups excluding carboxylic acids is 2. The van der Waals surface area contributed by atoms with E-state index in [1.807, 2.05) is 0 Å². The molecule has 0 spiro atoms. The fourth-order valence-corrected chi connectivity index (χ4v) is 9.19. The van der Waals surface area contributed by atoms with Gasteiger partial charge in [0.15, 0.2) is 0 Å². The van der Waals surface area contributed by atoms with Gasteiger partial charge >= 0.3 is 5.97 Å². The molecule has 0 fully saturated rings. The van der Waals surface area contributed by atoms with E-state index in [1.165, 1.54) is 231 Å². The third kappa shape index (κ3) is 47.1. The highest BCUT2D eigenvalue weighted by Gasteiger charge is 2.24. The van der Waals surface area contributed by atoms with Crippen LogP contribution in [0.25, 0.3) is 0 Å². The summed E-state index contributed by atoms with van der Waals surface area (Å²) in [5.74, 6) is -0.455. The smallest absolute Gasteiger partial charge is 0.306 e. The Balaban J connectivity index is 4.52. The molecule has 0 radical (unpaired) electrons. The molecular formula is C58H113NO5. The van der Waals surface area contributed by atoms with Crippen LogP contribution in [0, 0.1) is 0 Å². The van der Waals surface area contributed by atoms with Crippen LogP contribution < -0.4 is 5.32 Å². The van der Waals surface area contributed by atoms with Gasteiger partial charge in [0.2, 0.25) is 5.91 Å². The normalized spacial score (nSPS) is 13.1. The second-order valence-electron chi connectivity index (χ2n) is 20.1. The fraction of sp³-hybridized carbons (Fsp3) is 0.931. The predicted octanol–water partition coefficient (Wildman–Crippen LogP) is 17.7. The first-order valence-electron chi connectivity index (χ1n) is 28.9. The van der Waals surface area contributed by atoms with Crippen LogP contribution in [0.4, 0.5) is 0 Å². The molecular weight excluding hydrogens is 791 g/mol. The quantitative estimate of drug-likeness (QED) is 0.0321. The number of aliphatic hydroxyl groups is 2. The summed E-state index contributed by atoms with van der Waals surface area (Å²) in [5, 5.41) is 23.9. The molecule has 3 N–H and O–H groups in total. The molecule has 0 saturated heterocycles. The van der Waals surface area contributed by atoms with Gasteiger partial charge < -0.3 is 20.3 Å². The fourth-order valence-electron chi connectivity index (χ4n) is 9.19. The van der Waals surface area contributed by atoms with Crippen molar-refractivity contribution in [2.75, 3.05) is 6.61 Å². The first kappa shape index (κ1) is 62.6. The highest BCUT2D eigenvalue weighted by molar-refractivity contribution is 5.77. The number of ether oxygens (including phenoxy) is 1. The van der Waals surface area contributed by atoms with E-state index in [9.17, 15) is 19.8 Å². The summed E-state index contributed by atoms with van der Waals surface area (Å²) >= 11 is 0. The lowest BCUT2D eigenvalue weighted by atomic mass is 10.0. The molecule has 1 amide bonds. The van der Waals surface area contributed by atoms with Crippen molar-refractivity contribution in [3.05, 3.63) is 12.2 Å². The Morgan fingerprint density at radius 1 is 0.438 bits per heavy atom. The lowest BCUT2D eigenvalue weighted by Crippen LogP contribution is -2.46. The number of hydrogen-bond acceptors (Lipinski definition) is 5. The zero-order valence-corrected chi connectivity index (χ0v) is 43.4. The molecule has 0 saturated carbocycles. The molecule has 64 heavy (non-hydrogen) atoms. The molecule has 0 aromatic heterocycles. The minimum atomic E-state index is -0.783. The van der Waals surface area contributed by atoms with Crippen LogP contribution in [-0.4, -0.2) is 46.9 Å². The van der Waals surface area contributed by atoms with Gasteiger partial charge in [-0.25, -0.2) is 0 Å². The van der Waals surface area contributed by atoms with Gasteiger partial charge in [0.25, 0.3) is 0 Å². The Labute approximate surface area is 399 Å². The summed E-state index contributed by atoms with van der Waals surface area (Å²) in [7, 11) is 0. The largest absolute Gasteiger partial charge is 0.462 e. The summed E-state index contributed by atoms with van der Waals surface area (Å²) in [6.45, 7) is 6.52. The SMILES string of the molecule is CCCCCC/C=C\CCCCCCCCCC(=O)OC(CCCCCCCCCCCCCCCCCC)CC(=O)NC(CO)C(O)CCCCCCCCCCCCCCCC. The van der Waals surface area contributed by atoms with Crippen LogP contribution in [0.1, 0.15) is 323 Å². The van der Waals surface area contributed by atoms with Crippen LogP contribution in [0.3, 0.4) is 0 Å². The Bertz CT molecular complexity index is 970. The second-order valence-corrected chi connectivity index (χ2v) is 20.1. The Kier molecular flexibility index (Phi) is 51.4. The van der Waals surface area contributed by atoms with Gasteiger partial charge in [-0.2, -0.15) is 0 Å². The molecule has 380 valence electrons. The number of aliphatic hydroxyl groups excluding tert-OH is 2. The summed E-state index contributed by atoms with van der Waals surface area (Å²) < 4.78 is 5.97. The van der Waals surface area contributed by atoms with Crippen molar-refractivity contribution < 1.29 is 24.5 Å². The minimum absolute atomic E-state index is 0.0839. The van der Waals surface area contributed by atoms with E-state index in [-0.39, 0.29) is 24.9 Å². The average Bonchev–Trinajstić information content (AvgIpc) is 3.29. The molecule has 0 aromatic rings. The number of hydrogen-bond donors (Lipinski definition) is 3. The molecule has 0 bridgehead atoms. The number of rotatable bonds is 53. The molecule has 0 aliphatic heterocycles. The van der Waals surface area contributed by atoms with Crippen molar-refractivity contribution in [3.8, 4) is 0 Å². The van der Waals surface area contributed by atoms with Gasteiger partial charge in [0.05, 0.1) is 25.2 Å². The summed E-state index contributed by atoms with van der Waals surface area (Å²) in [6, 6.07) is -0.696. The number of carbonyl (C=O) groups is 2. The first-order chi connectivity index (χ1) is 31.5. The maximum Gasteiger partial charge on any atom is 0.306 e. The average molecular weight is 905 g/mol. The second kappa shape index (κ2) is 52.6. The van der Waals surface area contributed by atoms with Crippen molar-refractivity contribution in [1.82, 2.24) is 5.32 Å². The molecule has 0 rings (SSSR count). The van der Waals surface area contributed by atoms with Crippen LogP contribution in [0.15, 0.2) is 12.2 Å². The molecule has 0 heterocycles. The third-order valence-corrected chi connectivity index (χ3v) is 13.6. The van der Waals surface area contributed by atoms with Crippen LogP contribution >= 0.6 is 0 Å². The van der Waals surface area contributed by atoms with Gasteiger partial charge in [-0.3, -0.25) is 9.59 Å². The van der Waals surface area contributed by atoms with Gasteiger partial charge in [-0.1, -0.05) is 270 Å². The summed E-state index contributed by atoms with van der Waals surface area (Å²) in [4.78, 5) is 26.3. The zero-order valence-electron chi connectivity index (χ0n) is 43.4. The molecule has 0 aliphatic carbocycles. The number of allylic oxidation sites excluding steroid dienone is 2. The van der Waals surface area contributed by atoms with E-state index in [0.717, 1.165) is 44.9 Å². The lowest BCUT2D eigenvalue weighted by molar-refractivity contribution is -0.151. The third-order valence-electron chi connectivity index (χ3n) is 13.6. The molecule has 0 aliphatic rings. The van der Waals surface area contributed by atoms with Crippen molar-refractivity contribution >= 4 is 11.9 Å². The van der Waals surface area contributed by atoms with E-state index in [4.69, 9.17) is 4.74 Å². The molecule has 3 unspecified atom stereocenters. The predicted molar refractivity (Wildman–Crippen MR) is 278 cm³/mol. The van der Waals surface area contributed by atoms with E-state index < -0.39 is 18.2 Å². The van der Waals surface area contributed by atoms with Gasteiger partial charge in [0.1, 0.15) is 6.10 Å². The van der Waals surface area contributed by atoms with Crippen LogP contribution in [-0.2, 0) is 14.3 Å². The molecule has 0 aromatic carbocycles. The minimum Gasteiger partial charge on any atom is -0.462 e.